The molecule has 0 unspecified atom stereocenters. The van der Waals surface area contributed by atoms with Crippen molar-refractivity contribution < 1.29 is 19.4 Å². The largest absolute Gasteiger partial charge is 0.478 e. The van der Waals surface area contributed by atoms with E-state index >= 15 is 0 Å². The van der Waals surface area contributed by atoms with E-state index in [-0.39, 0.29) is 11.7 Å². The number of aliphatic carboxylic acids is 1. The minimum Gasteiger partial charge on any atom is -0.478 e. The van der Waals surface area contributed by atoms with Crippen molar-refractivity contribution in [2.45, 2.75) is 20.0 Å². The summed E-state index contributed by atoms with van der Waals surface area (Å²) in [5, 5.41) is 8.25. The molecule has 0 aliphatic heterocycles. The van der Waals surface area contributed by atoms with E-state index in [1.165, 1.54) is 0 Å². The zero-order valence-corrected chi connectivity index (χ0v) is 7.61. The first kappa shape index (κ1) is 11.4. The van der Waals surface area contributed by atoms with Gasteiger partial charge in [-0.2, -0.15) is 0 Å². The third kappa shape index (κ3) is 5.66. The van der Waals surface area contributed by atoms with Crippen LogP contribution < -0.4 is 0 Å². The first-order valence-corrected chi connectivity index (χ1v) is 3.74. The zero-order chi connectivity index (χ0) is 10.4. The molecule has 0 aromatic rings. The van der Waals surface area contributed by atoms with Gasteiger partial charge in [0.1, 0.15) is 0 Å². The van der Waals surface area contributed by atoms with Crippen molar-refractivity contribution in [3.63, 3.8) is 0 Å². The summed E-state index contributed by atoms with van der Waals surface area (Å²) < 4.78 is 4.76. The quantitative estimate of drug-likeness (QED) is 0.404. The van der Waals surface area contributed by atoms with Crippen molar-refractivity contribution in [2.24, 2.45) is 0 Å². The SMILES string of the molecule is C=C(C=CC(=O)O)C(=O)OC(C)C. The Bertz CT molecular complexity index is 250. The van der Waals surface area contributed by atoms with E-state index in [0.717, 1.165) is 12.2 Å². The molecule has 0 aromatic carbocycles. The second-order valence-corrected chi connectivity index (χ2v) is 2.65. The number of hydrogen-bond donors (Lipinski definition) is 1. The second-order valence-electron chi connectivity index (χ2n) is 2.65. The molecule has 1 N–H and O–H groups in total. The molecule has 72 valence electrons. The Morgan fingerprint density at radius 2 is 1.92 bits per heavy atom. The van der Waals surface area contributed by atoms with E-state index in [0.29, 0.717) is 0 Å². The van der Waals surface area contributed by atoms with Crippen LogP contribution >= 0.6 is 0 Å². The number of carbonyl (C=O) groups excluding carboxylic acids is 1. The van der Waals surface area contributed by atoms with E-state index < -0.39 is 11.9 Å². The van der Waals surface area contributed by atoms with Gasteiger partial charge in [0.15, 0.2) is 0 Å². The molecule has 4 heteroatoms. The van der Waals surface area contributed by atoms with Crippen LogP contribution in [-0.4, -0.2) is 23.1 Å². The molecule has 0 saturated heterocycles. The van der Waals surface area contributed by atoms with E-state index in [1.54, 1.807) is 13.8 Å². The highest BCUT2D eigenvalue weighted by atomic mass is 16.5. The predicted molar refractivity (Wildman–Crippen MR) is 47.1 cm³/mol. The van der Waals surface area contributed by atoms with Crippen molar-refractivity contribution in [2.75, 3.05) is 0 Å². The van der Waals surface area contributed by atoms with Gasteiger partial charge >= 0.3 is 11.9 Å². The molecule has 0 aromatic heterocycles. The molecule has 13 heavy (non-hydrogen) atoms. The van der Waals surface area contributed by atoms with E-state index in [4.69, 9.17) is 9.84 Å². The highest BCUT2D eigenvalue weighted by Gasteiger charge is 2.07. The maximum Gasteiger partial charge on any atom is 0.337 e. The summed E-state index contributed by atoms with van der Waals surface area (Å²) in [7, 11) is 0. The van der Waals surface area contributed by atoms with Crippen molar-refractivity contribution in [3.05, 3.63) is 24.3 Å². The third-order valence-electron chi connectivity index (χ3n) is 1.03. The van der Waals surface area contributed by atoms with Gasteiger partial charge in [-0.15, -0.1) is 0 Å². The summed E-state index contributed by atoms with van der Waals surface area (Å²) >= 11 is 0. The predicted octanol–water partition coefficient (Wildman–Crippen LogP) is 1.14. The van der Waals surface area contributed by atoms with Gasteiger partial charge in [-0.3, -0.25) is 0 Å². The Labute approximate surface area is 76.5 Å². The summed E-state index contributed by atoms with van der Waals surface area (Å²) in [6.07, 6.45) is 1.71. The van der Waals surface area contributed by atoms with E-state index in [9.17, 15) is 9.59 Å². The molecule has 0 fully saturated rings. The fraction of sp³-hybridized carbons (Fsp3) is 0.333. The number of ether oxygens (including phenoxy) is 1. The number of hydrogen-bond acceptors (Lipinski definition) is 3. The van der Waals surface area contributed by atoms with Crippen LogP contribution in [0.5, 0.6) is 0 Å². The summed E-state index contributed by atoms with van der Waals surface area (Å²) in [5.41, 5.74) is 0.0242. The molecule has 0 saturated carbocycles. The third-order valence-corrected chi connectivity index (χ3v) is 1.03. The summed E-state index contributed by atoms with van der Waals surface area (Å²) in [4.78, 5) is 21.1. The molecule has 0 rings (SSSR count). The van der Waals surface area contributed by atoms with Crippen LogP contribution in [0.1, 0.15) is 13.8 Å². The zero-order valence-electron chi connectivity index (χ0n) is 7.61. The molecular weight excluding hydrogens is 172 g/mol. The highest BCUT2D eigenvalue weighted by molar-refractivity contribution is 5.93. The second kappa shape index (κ2) is 5.13. The van der Waals surface area contributed by atoms with Gasteiger partial charge < -0.3 is 9.84 Å². The van der Waals surface area contributed by atoms with Gasteiger partial charge in [-0.25, -0.2) is 9.59 Å². The lowest BCUT2D eigenvalue weighted by molar-refractivity contribution is -0.142. The Balaban J connectivity index is 4.12. The molecule has 0 spiro atoms. The van der Waals surface area contributed by atoms with Gasteiger partial charge in [0.25, 0.3) is 0 Å². The summed E-state index contributed by atoms with van der Waals surface area (Å²) in [5.74, 6) is -1.73. The molecular formula is C9H12O4. The molecule has 0 atom stereocenters. The van der Waals surface area contributed by atoms with Gasteiger partial charge in [0.05, 0.1) is 11.7 Å². The molecule has 0 radical (unpaired) electrons. The van der Waals surface area contributed by atoms with E-state index in [2.05, 4.69) is 6.58 Å². The molecule has 0 heterocycles. The minimum absolute atomic E-state index is 0.0242. The topological polar surface area (TPSA) is 63.6 Å². The van der Waals surface area contributed by atoms with Crippen molar-refractivity contribution in [3.8, 4) is 0 Å². The summed E-state index contributed by atoms with van der Waals surface area (Å²) in [6.45, 7) is 6.76. The maximum absolute atomic E-state index is 11.0. The van der Waals surface area contributed by atoms with Crippen LogP contribution in [0.2, 0.25) is 0 Å². The van der Waals surface area contributed by atoms with Gasteiger partial charge in [0, 0.05) is 6.08 Å². The molecule has 0 aliphatic rings. The van der Waals surface area contributed by atoms with Crippen LogP contribution in [-0.2, 0) is 14.3 Å². The fourth-order valence-corrected chi connectivity index (χ4v) is 0.530. The minimum atomic E-state index is -1.13. The lowest BCUT2D eigenvalue weighted by Crippen LogP contribution is -2.12. The number of rotatable bonds is 4. The lowest BCUT2D eigenvalue weighted by Gasteiger charge is -2.06. The van der Waals surface area contributed by atoms with Crippen molar-refractivity contribution in [1.29, 1.82) is 0 Å². The Morgan fingerprint density at radius 3 is 2.31 bits per heavy atom. The highest BCUT2D eigenvalue weighted by Crippen LogP contribution is 2.00. The molecule has 0 amide bonds. The van der Waals surface area contributed by atoms with Crippen molar-refractivity contribution in [1.82, 2.24) is 0 Å². The monoisotopic (exact) mass is 184 g/mol. The smallest absolute Gasteiger partial charge is 0.337 e. The van der Waals surface area contributed by atoms with Crippen LogP contribution in [0.4, 0.5) is 0 Å². The first-order chi connectivity index (χ1) is 5.93. The fourth-order valence-electron chi connectivity index (χ4n) is 0.530. The number of esters is 1. The number of carboxylic acid groups (broad SMARTS) is 1. The van der Waals surface area contributed by atoms with E-state index in [1.807, 2.05) is 0 Å². The van der Waals surface area contributed by atoms with Crippen LogP contribution in [0.15, 0.2) is 24.3 Å². The molecule has 0 aliphatic carbocycles. The Kier molecular flexibility index (Phi) is 4.51. The standard InChI is InChI=1S/C9H12O4/c1-6(2)13-9(12)7(3)4-5-8(10)11/h4-6H,3H2,1-2H3,(H,10,11). The van der Waals surface area contributed by atoms with Gasteiger partial charge in [-0.1, -0.05) is 6.58 Å². The summed E-state index contributed by atoms with van der Waals surface area (Å²) in [6, 6.07) is 0. The maximum atomic E-state index is 11.0. The van der Waals surface area contributed by atoms with Crippen LogP contribution in [0, 0.1) is 0 Å². The van der Waals surface area contributed by atoms with Crippen LogP contribution in [0.3, 0.4) is 0 Å². The Hall–Kier alpha value is -1.58. The number of carboxylic acids is 1. The van der Waals surface area contributed by atoms with Crippen LogP contribution in [0.25, 0.3) is 0 Å². The normalized spacial score (nSPS) is 10.4. The average molecular weight is 184 g/mol. The Morgan fingerprint density at radius 1 is 1.38 bits per heavy atom. The molecule has 0 bridgehead atoms. The lowest BCUT2D eigenvalue weighted by atomic mass is 10.3. The van der Waals surface area contributed by atoms with Crippen molar-refractivity contribution >= 4 is 11.9 Å². The average Bonchev–Trinajstić information content (AvgIpc) is 1.98. The molecule has 4 nitrogen and oxygen atoms in total. The first-order valence-electron chi connectivity index (χ1n) is 3.74. The van der Waals surface area contributed by atoms with Gasteiger partial charge in [0.2, 0.25) is 0 Å². The van der Waals surface area contributed by atoms with Gasteiger partial charge in [-0.05, 0) is 19.9 Å². The number of carbonyl (C=O) groups is 2.